The molecule has 0 saturated carbocycles. The molecule has 1 aliphatic rings. The van der Waals surface area contributed by atoms with E-state index < -0.39 is 0 Å². The molecule has 0 atom stereocenters. The summed E-state index contributed by atoms with van der Waals surface area (Å²) in [7, 11) is 0. The van der Waals surface area contributed by atoms with Crippen LogP contribution in [0.2, 0.25) is 0 Å². The van der Waals surface area contributed by atoms with E-state index in [1.807, 2.05) is 16.9 Å². The van der Waals surface area contributed by atoms with E-state index >= 15 is 0 Å². The summed E-state index contributed by atoms with van der Waals surface area (Å²) < 4.78 is 3.62. The van der Waals surface area contributed by atoms with Crippen LogP contribution in [0.3, 0.4) is 0 Å². The Kier molecular flexibility index (Phi) is 4.22. The largest absolute Gasteiger partial charge is 0.293 e. The average molecular weight is 368 g/mol. The first-order chi connectivity index (χ1) is 12.8. The zero-order chi connectivity index (χ0) is 19.3. The molecule has 144 valence electrons. The fraction of sp³-hybridized carbons (Fsp3) is 0.550. The minimum atomic E-state index is -0.0519. The van der Waals surface area contributed by atoms with Crippen LogP contribution in [0.15, 0.2) is 17.1 Å². The maximum Gasteiger partial charge on any atom is 0.276 e. The van der Waals surface area contributed by atoms with E-state index in [0.717, 1.165) is 43.0 Å². The summed E-state index contributed by atoms with van der Waals surface area (Å²) in [4.78, 5) is 20.1. The van der Waals surface area contributed by atoms with Crippen LogP contribution in [-0.2, 0) is 31.5 Å². The van der Waals surface area contributed by atoms with Crippen LogP contribution >= 0.6 is 0 Å². The Morgan fingerprint density at radius 1 is 1.30 bits per heavy atom. The summed E-state index contributed by atoms with van der Waals surface area (Å²) >= 11 is 0. The first-order valence-electron chi connectivity index (χ1n) is 9.65. The maximum atomic E-state index is 12.9. The fourth-order valence-electron chi connectivity index (χ4n) is 3.77. The van der Waals surface area contributed by atoms with Gasteiger partial charge in [0.15, 0.2) is 5.65 Å². The Balaban J connectivity index is 1.65. The van der Waals surface area contributed by atoms with Gasteiger partial charge in [-0.05, 0) is 20.3 Å². The van der Waals surface area contributed by atoms with Gasteiger partial charge in [-0.15, -0.1) is 0 Å². The molecule has 0 amide bonds. The van der Waals surface area contributed by atoms with Gasteiger partial charge in [0, 0.05) is 60.2 Å². The zero-order valence-corrected chi connectivity index (χ0v) is 16.8. The van der Waals surface area contributed by atoms with Crippen LogP contribution in [0.1, 0.15) is 55.9 Å². The predicted octanol–water partition coefficient (Wildman–Crippen LogP) is 2.40. The molecule has 7 heteroatoms. The highest BCUT2D eigenvalue weighted by Crippen LogP contribution is 2.23. The molecule has 1 N–H and O–H groups in total. The lowest BCUT2D eigenvalue weighted by atomic mass is 9.93. The molecule has 0 bridgehead atoms. The predicted molar refractivity (Wildman–Crippen MR) is 105 cm³/mol. The summed E-state index contributed by atoms with van der Waals surface area (Å²) in [6, 6.07) is 2.00. The second kappa shape index (κ2) is 6.34. The topological polar surface area (TPSA) is 71.2 Å². The van der Waals surface area contributed by atoms with E-state index in [-0.39, 0.29) is 11.0 Å². The van der Waals surface area contributed by atoms with Crippen molar-refractivity contribution in [3.63, 3.8) is 0 Å². The van der Waals surface area contributed by atoms with Crippen LogP contribution in [0.5, 0.6) is 0 Å². The van der Waals surface area contributed by atoms with Gasteiger partial charge in [-0.25, -0.2) is 9.50 Å². The van der Waals surface area contributed by atoms with Crippen molar-refractivity contribution in [2.45, 2.75) is 66.1 Å². The molecule has 0 unspecified atom stereocenters. The Morgan fingerprint density at radius 2 is 2.07 bits per heavy atom. The third kappa shape index (κ3) is 3.10. The third-order valence-electron chi connectivity index (χ3n) is 5.55. The third-order valence-corrected chi connectivity index (χ3v) is 5.55. The number of fused-ring (bicyclic) bond motifs is 2. The molecule has 3 aromatic rings. The number of aryl methyl sites for hydroxylation is 1. The number of hydrogen-bond donors (Lipinski definition) is 1. The summed E-state index contributed by atoms with van der Waals surface area (Å²) in [5.41, 5.74) is 5.93. The summed E-state index contributed by atoms with van der Waals surface area (Å²) in [6.07, 6.45) is 2.69. The number of nitrogens with zero attached hydrogens (tertiary/aromatic N) is 5. The first-order valence-corrected chi connectivity index (χ1v) is 9.65. The lowest BCUT2D eigenvalue weighted by Gasteiger charge is -2.27. The minimum absolute atomic E-state index is 0.0418. The van der Waals surface area contributed by atoms with E-state index in [1.165, 1.54) is 11.3 Å². The van der Waals surface area contributed by atoms with Crippen molar-refractivity contribution in [3.8, 4) is 0 Å². The van der Waals surface area contributed by atoms with Crippen LogP contribution in [-0.4, -0.2) is 35.8 Å². The molecule has 1 aliphatic heterocycles. The Hall–Kier alpha value is -2.41. The highest BCUT2D eigenvalue weighted by atomic mass is 16.1. The van der Waals surface area contributed by atoms with Gasteiger partial charge in [0.1, 0.15) is 0 Å². The molecule has 27 heavy (non-hydrogen) atoms. The van der Waals surface area contributed by atoms with Gasteiger partial charge in [-0.3, -0.25) is 19.5 Å². The van der Waals surface area contributed by atoms with Crippen molar-refractivity contribution in [3.05, 3.63) is 50.8 Å². The van der Waals surface area contributed by atoms with Gasteiger partial charge in [0.05, 0.1) is 11.9 Å². The first kappa shape index (κ1) is 18.0. The molecule has 0 fully saturated rings. The van der Waals surface area contributed by atoms with Crippen molar-refractivity contribution in [2.24, 2.45) is 0 Å². The van der Waals surface area contributed by atoms with Gasteiger partial charge in [0.25, 0.3) is 5.56 Å². The zero-order valence-electron chi connectivity index (χ0n) is 16.8. The van der Waals surface area contributed by atoms with Crippen molar-refractivity contribution in [1.29, 1.82) is 0 Å². The number of nitrogens with one attached hydrogen (secondary N) is 1. The van der Waals surface area contributed by atoms with Crippen molar-refractivity contribution < 1.29 is 0 Å². The Morgan fingerprint density at radius 3 is 2.74 bits per heavy atom. The summed E-state index contributed by atoms with van der Waals surface area (Å²) in [6.45, 7) is 13.9. The smallest absolute Gasteiger partial charge is 0.276 e. The number of aromatic nitrogens is 5. The average Bonchev–Trinajstić information content (AvgIpc) is 3.19. The minimum Gasteiger partial charge on any atom is -0.293 e. The van der Waals surface area contributed by atoms with Crippen molar-refractivity contribution in [1.82, 2.24) is 29.3 Å². The van der Waals surface area contributed by atoms with E-state index in [0.29, 0.717) is 12.2 Å². The molecular formula is C20H28N6O. The van der Waals surface area contributed by atoms with E-state index in [9.17, 15) is 4.79 Å². The molecule has 0 aromatic carbocycles. The van der Waals surface area contributed by atoms with Gasteiger partial charge in [-0.2, -0.15) is 5.10 Å². The number of rotatable bonds is 3. The van der Waals surface area contributed by atoms with Gasteiger partial charge in [-0.1, -0.05) is 20.8 Å². The van der Waals surface area contributed by atoms with Crippen molar-refractivity contribution in [2.75, 3.05) is 6.54 Å². The lowest BCUT2D eigenvalue weighted by Crippen LogP contribution is -2.36. The number of aromatic amines is 1. The standard InChI is InChI=1S/C20H28N6O/c1-6-25-13(2)14(10-21-25)11-24-8-7-15-16(12-24)22-18-9-17(20(3,4)5)23-26(18)19(15)27/h9-10,23H,6-8,11-12H2,1-5H3. The SMILES string of the molecule is CCn1ncc(CN2CCc3c(nc4cc(C(C)(C)C)[nH]n4c3=O)C2)c1C. The van der Waals surface area contributed by atoms with Gasteiger partial charge >= 0.3 is 0 Å². The number of hydrogen-bond acceptors (Lipinski definition) is 4. The monoisotopic (exact) mass is 368 g/mol. The molecule has 0 aliphatic carbocycles. The summed E-state index contributed by atoms with van der Waals surface area (Å²) in [5, 5.41) is 7.68. The van der Waals surface area contributed by atoms with Gasteiger partial charge in [0.2, 0.25) is 0 Å². The normalized spacial score (nSPS) is 15.4. The molecule has 0 spiro atoms. The highest BCUT2D eigenvalue weighted by molar-refractivity contribution is 5.43. The van der Waals surface area contributed by atoms with E-state index in [2.05, 4.69) is 49.7 Å². The summed E-state index contributed by atoms with van der Waals surface area (Å²) in [5.74, 6) is 0. The van der Waals surface area contributed by atoms with E-state index in [1.54, 1.807) is 4.52 Å². The van der Waals surface area contributed by atoms with E-state index in [4.69, 9.17) is 4.98 Å². The molecule has 7 nitrogen and oxygen atoms in total. The van der Waals surface area contributed by atoms with Crippen molar-refractivity contribution >= 4 is 5.65 Å². The molecule has 3 aromatic heterocycles. The van der Waals surface area contributed by atoms with Crippen LogP contribution in [0.4, 0.5) is 0 Å². The molecule has 0 saturated heterocycles. The van der Waals surface area contributed by atoms with Crippen LogP contribution in [0.25, 0.3) is 5.65 Å². The highest BCUT2D eigenvalue weighted by Gasteiger charge is 2.25. The second-order valence-corrected chi connectivity index (χ2v) is 8.49. The quantitative estimate of drug-likeness (QED) is 0.771. The Labute approximate surface area is 159 Å². The second-order valence-electron chi connectivity index (χ2n) is 8.49. The fourth-order valence-corrected chi connectivity index (χ4v) is 3.77. The Bertz CT molecular complexity index is 1050. The molecule has 4 rings (SSSR count). The maximum absolute atomic E-state index is 12.9. The number of H-pyrrole nitrogens is 1. The van der Waals surface area contributed by atoms with Crippen LogP contribution < -0.4 is 5.56 Å². The molecular weight excluding hydrogens is 340 g/mol. The molecule has 0 radical (unpaired) electrons. The molecule has 4 heterocycles. The van der Waals surface area contributed by atoms with Gasteiger partial charge < -0.3 is 0 Å². The lowest BCUT2D eigenvalue weighted by molar-refractivity contribution is 0.240. The van der Waals surface area contributed by atoms with Crippen LogP contribution in [0, 0.1) is 6.92 Å².